The number of rotatable bonds is 9. The first-order chi connectivity index (χ1) is 14.8. The summed E-state index contributed by atoms with van der Waals surface area (Å²) in [4.78, 5) is 26.3. The van der Waals surface area contributed by atoms with Crippen molar-refractivity contribution in [2.24, 2.45) is 0 Å². The highest BCUT2D eigenvalue weighted by molar-refractivity contribution is 5.99. The number of amides is 2. The van der Waals surface area contributed by atoms with Gasteiger partial charge in [0, 0.05) is 18.3 Å². The van der Waals surface area contributed by atoms with Gasteiger partial charge in [-0.25, -0.2) is 8.78 Å². The molecule has 3 rings (SSSR count). The molecule has 0 spiro atoms. The minimum absolute atomic E-state index is 0.0162. The van der Waals surface area contributed by atoms with Crippen molar-refractivity contribution in [2.45, 2.75) is 32.0 Å². The SMILES string of the molecule is CC[C@@H](C(=O)Nc1ccn(C[C@@H](O)CO)n1)N1CC(Oc2c(F)cccc2F)=CC1=O. The van der Waals surface area contributed by atoms with E-state index in [9.17, 15) is 23.5 Å². The summed E-state index contributed by atoms with van der Waals surface area (Å²) in [6.45, 7) is 1.20. The Morgan fingerprint density at radius 1 is 1.32 bits per heavy atom. The maximum absolute atomic E-state index is 13.8. The van der Waals surface area contributed by atoms with Gasteiger partial charge in [-0.05, 0) is 18.6 Å². The van der Waals surface area contributed by atoms with Crippen LogP contribution in [0.15, 0.2) is 42.3 Å². The molecule has 2 atom stereocenters. The van der Waals surface area contributed by atoms with E-state index in [4.69, 9.17) is 9.84 Å². The van der Waals surface area contributed by atoms with Crippen LogP contribution < -0.4 is 10.1 Å². The maximum atomic E-state index is 13.8. The first kappa shape index (κ1) is 22.4. The molecule has 2 heterocycles. The van der Waals surface area contributed by atoms with Crippen LogP contribution in [0.5, 0.6) is 5.75 Å². The fourth-order valence-electron chi connectivity index (χ4n) is 3.11. The van der Waals surface area contributed by atoms with E-state index in [2.05, 4.69) is 10.4 Å². The molecule has 11 heteroatoms. The molecule has 0 saturated carbocycles. The van der Waals surface area contributed by atoms with Gasteiger partial charge in [0.25, 0.3) is 5.91 Å². The van der Waals surface area contributed by atoms with E-state index in [-0.39, 0.29) is 31.1 Å². The summed E-state index contributed by atoms with van der Waals surface area (Å²) in [5, 5.41) is 25.0. The second kappa shape index (κ2) is 9.67. The molecule has 0 radical (unpaired) electrons. The Morgan fingerprint density at radius 3 is 2.68 bits per heavy atom. The predicted octanol–water partition coefficient (Wildman–Crippen LogP) is 1.04. The summed E-state index contributed by atoms with van der Waals surface area (Å²) in [5.74, 6) is -3.23. The molecule has 166 valence electrons. The maximum Gasteiger partial charge on any atom is 0.251 e. The van der Waals surface area contributed by atoms with Crippen LogP contribution in [-0.4, -0.2) is 62.0 Å². The highest BCUT2D eigenvalue weighted by atomic mass is 19.1. The molecule has 0 bridgehead atoms. The molecule has 2 aromatic rings. The summed E-state index contributed by atoms with van der Waals surface area (Å²) in [6.07, 6.45) is 1.90. The number of carbonyl (C=O) groups is 2. The van der Waals surface area contributed by atoms with Gasteiger partial charge in [0.1, 0.15) is 11.8 Å². The summed E-state index contributed by atoms with van der Waals surface area (Å²) in [5.41, 5.74) is 0. The zero-order valence-corrected chi connectivity index (χ0v) is 16.7. The molecule has 0 unspecified atom stereocenters. The van der Waals surface area contributed by atoms with Gasteiger partial charge in [0.15, 0.2) is 23.2 Å². The van der Waals surface area contributed by atoms with Gasteiger partial charge >= 0.3 is 0 Å². The van der Waals surface area contributed by atoms with Crippen LogP contribution in [0.4, 0.5) is 14.6 Å². The highest BCUT2D eigenvalue weighted by Gasteiger charge is 2.34. The minimum atomic E-state index is -0.988. The highest BCUT2D eigenvalue weighted by Crippen LogP contribution is 2.26. The number of carbonyl (C=O) groups excluding carboxylic acids is 2. The lowest BCUT2D eigenvalue weighted by Gasteiger charge is -2.25. The predicted molar refractivity (Wildman–Crippen MR) is 105 cm³/mol. The summed E-state index contributed by atoms with van der Waals surface area (Å²) < 4.78 is 34.2. The topological polar surface area (TPSA) is 117 Å². The fourth-order valence-corrected chi connectivity index (χ4v) is 3.11. The zero-order chi connectivity index (χ0) is 22.5. The van der Waals surface area contributed by atoms with E-state index in [1.54, 1.807) is 6.92 Å². The van der Waals surface area contributed by atoms with E-state index in [0.29, 0.717) is 0 Å². The molecule has 0 aliphatic carbocycles. The number of nitrogens with one attached hydrogen (secondary N) is 1. The molecular weight excluding hydrogens is 414 g/mol. The molecule has 1 aliphatic rings. The Bertz CT molecular complexity index is 973. The molecule has 9 nitrogen and oxygen atoms in total. The zero-order valence-electron chi connectivity index (χ0n) is 16.7. The van der Waals surface area contributed by atoms with Gasteiger partial charge in [-0.2, -0.15) is 5.10 Å². The largest absolute Gasteiger partial charge is 0.453 e. The number of aliphatic hydroxyl groups is 2. The summed E-state index contributed by atoms with van der Waals surface area (Å²) in [7, 11) is 0. The quantitative estimate of drug-likeness (QED) is 0.541. The van der Waals surface area contributed by atoms with E-state index in [0.717, 1.165) is 18.2 Å². The van der Waals surface area contributed by atoms with Crippen molar-refractivity contribution in [2.75, 3.05) is 18.5 Å². The smallest absolute Gasteiger partial charge is 0.251 e. The van der Waals surface area contributed by atoms with E-state index in [1.807, 2.05) is 0 Å². The molecule has 1 aliphatic heterocycles. The first-order valence-electron chi connectivity index (χ1n) is 9.58. The molecule has 3 N–H and O–H groups in total. The number of aliphatic hydroxyl groups excluding tert-OH is 2. The Morgan fingerprint density at radius 2 is 2.03 bits per heavy atom. The summed E-state index contributed by atoms with van der Waals surface area (Å²) >= 11 is 0. The third kappa shape index (κ3) is 5.25. The number of benzene rings is 1. The van der Waals surface area contributed by atoms with Crippen LogP contribution >= 0.6 is 0 Å². The standard InChI is InChI=1S/C20H22F2N4O5/c1-2-16(20(30)23-17-6-7-25(24-17)9-12(28)11-27)26-10-13(8-18(26)29)31-19-14(21)4-3-5-15(19)22/h3-8,12,16,27-28H,2,9-11H2,1H3,(H,23,24,30)/t12-,16+/m1/s1. The van der Waals surface area contributed by atoms with Crippen LogP contribution in [0.25, 0.3) is 0 Å². The van der Waals surface area contributed by atoms with Crippen molar-refractivity contribution in [1.82, 2.24) is 14.7 Å². The number of ether oxygens (including phenoxy) is 1. The Kier molecular flexibility index (Phi) is 6.98. The van der Waals surface area contributed by atoms with Crippen LogP contribution in [0.1, 0.15) is 13.3 Å². The first-order valence-corrected chi connectivity index (χ1v) is 9.58. The second-order valence-corrected chi connectivity index (χ2v) is 6.90. The lowest BCUT2D eigenvalue weighted by molar-refractivity contribution is -0.133. The van der Waals surface area contributed by atoms with E-state index in [1.165, 1.54) is 27.9 Å². The van der Waals surface area contributed by atoms with E-state index >= 15 is 0 Å². The van der Waals surface area contributed by atoms with Crippen molar-refractivity contribution in [3.8, 4) is 5.75 Å². The van der Waals surface area contributed by atoms with Crippen molar-refractivity contribution < 1.29 is 33.3 Å². The van der Waals surface area contributed by atoms with E-state index < -0.39 is 48.0 Å². The van der Waals surface area contributed by atoms with Crippen LogP contribution in [0.2, 0.25) is 0 Å². The Labute approximate surface area is 176 Å². The van der Waals surface area contributed by atoms with Crippen molar-refractivity contribution >= 4 is 17.6 Å². The van der Waals surface area contributed by atoms with Gasteiger partial charge in [0.2, 0.25) is 5.91 Å². The molecule has 1 aromatic carbocycles. The number of halogens is 2. The van der Waals surface area contributed by atoms with Gasteiger partial charge in [-0.1, -0.05) is 13.0 Å². The minimum Gasteiger partial charge on any atom is -0.453 e. The van der Waals surface area contributed by atoms with Gasteiger partial charge in [-0.15, -0.1) is 0 Å². The molecular formula is C20H22F2N4O5. The Hall–Kier alpha value is -3.31. The molecule has 1 aromatic heterocycles. The number of hydrogen-bond donors (Lipinski definition) is 3. The van der Waals surface area contributed by atoms with Crippen molar-refractivity contribution in [1.29, 1.82) is 0 Å². The fraction of sp³-hybridized carbons (Fsp3) is 0.350. The molecule has 2 amide bonds. The Balaban J connectivity index is 1.64. The normalized spacial score (nSPS) is 15.6. The molecule has 31 heavy (non-hydrogen) atoms. The van der Waals surface area contributed by atoms with Crippen LogP contribution in [0, 0.1) is 11.6 Å². The summed E-state index contributed by atoms with van der Waals surface area (Å²) in [6, 6.07) is 3.90. The second-order valence-electron chi connectivity index (χ2n) is 6.90. The van der Waals surface area contributed by atoms with Crippen molar-refractivity contribution in [3.63, 3.8) is 0 Å². The van der Waals surface area contributed by atoms with Gasteiger partial charge in [-0.3, -0.25) is 14.3 Å². The lowest BCUT2D eigenvalue weighted by atomic mass is 10.2. The number of aromatic nitrogens is 2. The number of anilines is 1. The van der Waals surface area contributed by atoms with Gasteiger partial charge in [0.05, 0.1) is 25.8 Å². The monoisotopic (exact) mass is 436 g/mol. The average molecular weight is 436 g/mol. The molecule has 0 saturated heterocycles. The van der Waals surface area contributed by atoms with Crippen LogP contribution in [-0.2, 0) is 16.1 Å². The average Bonchev–Trinajstić information content (AvgIpc) is 3.31. The number of hydrogen-bond acceptors (Lipinski definition) is 6. The van der Waals surface area contributed by atoms with Gasteiger partial charge < -0.3 is 25.2 Å². The third-order valence-electron chi connectivity index (χ3n) is 4.61. The van der Waals surface area contributed by atoms with Crippen molar-refractivity contribution in [3.05, 3.63) is 53.9 Å². The number of nitrogens with zero attached hydrogens (tertiary/aromatic N) is 3. The number of para-hydroxylation sites is 1. The lowest BCUT2D eigenvalue weighted by Crippen LogP contribution is -2.45. The molecule has 0 fully saturated rings. The van der Waals surface area contributed by atoms with Crippen LogP contribution in [0.3, 0.4) is 0 Å². The third-order valence-corrected chi connectivity index (χ3v) is 4.61.